The Morgan fingerprint density at radius 2 is 1.85 bits per heavy atom. The predicted octanol–water partition coefficient (Wildman–Crippen LogP) is 2.15. The first-order valence-electron chi connectivity index (χ1n) is 11.5. The number of amides is 2. The molecule has 1 unspecified atom stereocenters. The van der Waals surface area contributed by atoms with E-state index in [1.807, 2.05) is 29.2 Å². The number of fused-ring (bicyclic) bond motifs is 1. The van der Waals surface area contributed by atoms with Gasteiger partial charge in [0, 0.05) is 39.6 Å². The van der Waals surface area contributed by atoms with Gasteiger partial charge < -0.3 is 24.3 Å². The summed E-state index contributed by atoms with van der Waals surface area (Å²) in [6, 6.07) is 7.36. The lowest BCUT2D eigenvalue weighted by atomic mass is 10.0. The van der Waals surface area contributed by atoms with Crippen LogP contribution in [0, 0.1) is 5.92 Å². The lowest BCUT2D eigenvalue weighted by molar-refractivity contribution is -0.130. The number of carbonyl (C=O) groups is 2. The van der Waals surface area contributed by atoms with Gasteiger partial charge in [0.25, 0.3) is 0 Å². The van der Waals surface area contributed by atoms with E-state index in [1.54, 1.807) is 14.2 Å². The van der Waals surface area contributed by atoms with E-state index in [9.17, 15) is 9.59 Å². The maximum absolute atomic E-state index is 12.9. The Bertz CT molecular complexity index is 925. The third-order valence-corrected chi connectivity index (χ3v) is 5.81. The number of benzene rings is 1. The summed E-state index contributed by atoms with van der Waals surface area (Å²) in [7, 11) is 3.21. The van der Waals surface area contributed by atoms with Gasteiger partial charge in [0.2, 0.25) is 11.8 Å². The van der Waals surface area contributed by atoms with Crippen LogP contribution in [-0.4, -0.2) is 65.4 Å². The minimum absolute atomic E-state index is 0.0650. The van der Waals surface area contributed by atoms with E-state index in [0.717, 1.165) is 29.4 Å². The highest BCUT2D eigenvalue weighted by molar-refractivity contribution is 5.79. The van der Waals surface area contributed by atoms with Crippen molar-refractivity contribution >= 4 is 11.8 Å². The van der Waals surface area contributed by atoms with Crippen LogP contribution in [0.2, 0.25) is 0 Å². The summed E-state index contributed by atoms with van der Waals surface area (Å²) in [5.41, 5.74) is 0.959. The zero-order chi connectivity index (χ0) is 23.8. The summed E-state index contributed by atoms with van der Waals surface area (Å²) in [4.78, 5) is 27.2. The van der Waals surface area contributed by atoms with Gasteiger partial charge >= 0.3 is 0 Å². The maximum atomic E-state index is 12.9. The molecule has 9 heteroatoms. The van der Waals surface area contributed by atoms with E-state index in [4.69, 9.17) is 9.47 Å². The summed E-state index contributed by atoms with van der Waals surface area (Å²) in [5.74, 6) is 2.78. The van der Waals surface area contributed by atoms with Gasteiger partial charge in [-0.25, -0.2) is 0 Å². The highest BCUT2D eigenvalue weighted by Gasteiger charge is 2.27. The molecular weight excluding hydrogens is 422 g/mol. The molecule has 9 nitrogen and oxygen atoms in total. The number of rotatable bonds is 10. The molecule has 0 fully saturated rings. The predicted molar refractivity (Wildman–Crippen MR) is 124 cm³/mol. The van der Waals surface area contributed by atoms with Crippen molar-refractivity contribution in [3.8, 4) is 5.75 Å². The zero-order valence-electron chi connectivity index (χ0n) is 20.0. The third-order valence-electron chi connectivity index (χ3n) is 5.81. The molecule has 2 amide bonds. The summed E-state index contributed by atoms with van der Waals surface area (Å²) in [6.07, 6.45) is 2.05. The number of hydrogen-bond donors (Lipinski definition) is 1. The van der Waals surface area contributed by atoms with Crippen LogP contribution in [-0.2, 0) is 33.7 Å². The van der Waals surface area contributed by atoms with Gasteiger partial charge in [0.15, 0.2) is 5.82 Å². The molecule has 1 aliphatic rings. The molecule has 1 aromatic carbocycles. The molecule has 2 aromatic rings. The molecule has 0 radical (unpaired) electrons. The second-order valence-electron chi connectivity index (χ2n) is 8.77. The van der Waals surface area contributed by atoms with E-state index in [-0.39, 0.29) is 17.9 Å². The smallest absolute Gasteiger partial charge is 0.227 e. The molecule has 180 valence electrons. The molecule has 0 saturated heterocycles. The van der Waals surface area contributed by atoms with Crippen LogP contribution in [0.25, 0.3) is 0 Å². The van der Waals surface area contributed by atoms with Crippen LogP contribution in [0.3, 0.4) is 0 Å². The van der Waals surface area contributed by atoms with E-state index in [2.05, 4.69) is 33.9 Å². The fraction of sp³-hybridized carbons (Fsp3) is 0.583. The van der Waals surface area contributed by atoms with Crippen molar-refractivity contribution in [3.05, 3.63) is 41.5 Å². The van der Waals surface area contributed by atoms with Crippen LogP contribution in [0.1, 0.15) is 49.9 Å². The molecule has 0 spiro atoms. The van der Waals surface area contributed by atoms with Crippen molar-refractivity contribution in [2.45, 2.75) is 52.1 Å². The Hall–Kier alpha value is -2.94. The number of ether oxygens (including phenoxy) is 2. The topological polar surface area (TPSA) is 98.6 Å². The minimum atomic E-state index is -0.225. The van der Waals surface area contributed by atoms with Gasteiger partial charge in [-0.2, -0.15) is 0 Å². The highest BCUT2D eigenvalue weighted by atomic mass is 16.5. The van der Waals surface area contributed by atoms with E-state index in [0.29, 0.717) is 51.4 Å². The molecule has 0 saturated carbocycles. The molecule has 1 aromatic heterocycles. The Labute approximate surface area is 195 Å². The van der Waals surface area contributed by atoms with Crippen LogP contribution < -0.4 is 10.1 Å². The van der Waals surface area contributed by atoms with Crippen molar-refractivity contribution in [3.63, 3.8) is 0 Å². The van der Waals surface area contributed by atoms with E-state index >= 15 is 0 Å². The third kappa shape index (κ3) is 6.77. The Kier molecular flexibility index (Phi) is 8.82. The molecule has 3 rings (SSSR count). The van der Waals surface area contributed by atoms with Crippen LogP contribution >= 0.6 is 0 Å². The number of hydrogen-bond acceptors (Lipinski definition) is 6. The second-order valence-corrected chi connectivity index (χ2v) is 8.77. The van der Waals surface area contributed by atoms with E-state index < -0.39 is 0 Å². The average Bonchev–Trinajstić information content (AvgIpc) is 3.08. The number of carbonyl (C=O) groups excluding carboxylic acids is 2. The summed E-state index contributed by atoms with van der Waals surface area (Å²) >= 11 is 0. The van der Waals surface area contributed by atoms with Crippen LogP contribution in [0.15, 0.2) is 24.3 Å². The van der Waals surface area contributed by atoms with Crippen molar-refractivity contribution in [2.75, 3.05) is 33.9 Å². The Morgan fingerprint density at radius 3 is 2.52 bits per heavy atom. The van der Waals surface area contributed by atoms with Crippen molar-refractivity contribution in [1.82, 2.24) is 25.0 Å². The van der Waals surface area contributed by atoms with Crippen molar-refractivity contribution < 1.29 is 19.1 Å². The van der Waals surface area contributed by atoms with Crippen LogP contribution in [0.5, 0.6) is 5.75 Å². The largest absolute Gasteiger partial charge is 0.497 e. The Balaban J connectivity index is 1.67. The highest BCUT2D eigenvalue weighted by Crippen LogP contribution is 2.23. The summed E-state index contributed by atoms with van der Waals surface area (Å²) in [6.45, 7) is 6.40. The summed E-state index contributed by atoms with van der Waals surface area (Å²) in [5, 5.41) is 11.9. The molecule has 0 aliphatic carbocycles. The number of aromatic nitrogens is 3. The van der Waals surface area contributed by atoms with Crippen molar-refractivity contribution in [2.24, 2.45) is 5.92 Å². The number of nitrogens with zero attached hydrogens (tertiary/aromatic N) is 4. The lowest BCUT2D eigenvalue weighted by Gasteiger charge is -2.22. The minimum Gasteiger partial charge on any atom is -0.497 e. The monoisotopic (exact) mass is 457 g/mol. The van der Waals surface area contributed by atoms with Gasteiger partial charge in [-0.15, -0.1) is 10.2 Å². The molecule has 33 heavy (non-hydrogen) atoms. The number of methoxy groups -OCH3 is 2. The SMILES string of the molecule is COCCC(=O)NC(CC(C)C)c1nnc2n1CCN(C(=O)Cc1ccc(OC)cc1)CC2. The van der Waals surface area contributed by atoms with Gasteiger partial charge in [0.1, 0.15) is 11.6 Å². The second kappa shape index (κ2) is 11.8. The fourth-order valence-corrected chi connectivity index (χ4v) is 4.04. The number of nitrogens with one attached hydrogen (secondary N) is 1. The molecule has 0 bridgehead atoms. The molecule has 1 N–H and O–H groups in total. The van der Waals surface area contributed by atoms with E-state index in [1.165, 1.54) is 0 Å². The lowest BCUT2D eigenvalue weighted by Crippen LogP contribution is -2.35. The Morgan fingerprint density at radius 1 is 1.09 bits per heavy atom. The first-order chi connectivity index (χ1) is 15.9. The normalized spacial score (nSPS) is 14.5. The quantitative estimate of drug-likeness (QED) is 0.587. The standard InChI is InChI=1S/C24H35N5O4/c1-17(2)15-20(25-22(30)10-14-32-3)24-27-26-21-9-11-28(12-13-29(21)24)23(31)16-18-5-7-19(33-4)8-6-18/h5-8,17,20H,9-16H2,1-4H3,(H,25,30). The fourth-order valence-electron chi connectivity index (χ4n) is 4.04. The average molecular weight is 458 g/mol. The molecular formula is C24H35N5O4. The summed E-state index contributed by atoms with van der Waals surface area (Å²) < 4.78 is 12.3. The first kappa shape index (κ1) is 24.7. The van der Waals surface area contributed by atoms with Crippen LogP contribution in [0.4, 0.5) is 0 Å². The van der Waals surface area contributed by atoms with Gasteiger partial charge in [0.05, 0.1) is 26.2 Å². The first-order valence-corrected chi connectivity index (χ1v) is 11.5. The van der Waals surface area contributed by atoms with Gasteiger partial charge in [-0.05, 0) is 30.0 Å². The zero-order valence-corrected chi connectivity index (χ0v) is 20.0. The molecule has 2 heterocycles. The molecule has 1 aliphatic heterocycles. The maximum Gasteiger partial charge on any atom is 0.227 e. The molecule has 1 atom stereocenters. The van der Waals surface area contributed by atoms with Crippen molar-refractivity contribution in [1.29, 1.82) is 0 Å². The van der Waals surface area contributed by atoms with Gasteiger partial charge in [-0.1, -0.05) is 26.0 Å². The van der Waals surface area contributed by atoms with Gasteiger partial charge in [-0.3, -0.25) is 9.59 Å².